The number of aliphatic hydroxyl groups is 1. The first-order valence-corrected chi connectivity index (χ1v) is 14.7. The first kappa shape index (κ1) is 28.9. The first-order valence-electron chi connectivity index (χ1n) is 13.2. The molecule has 4 rings (SSSR count). The Hall–Kier alpha value is -3.12. The molecule has 1 aliphatic heterocycles. The molecule has 0 radical (unpaired) electrons. The molecule has 0 saturated heterocycles. The third kappa shape index (κ3) is 6.91. The fourth-order valence-corrected chi connectivity index (χ4v) is 5.91. The number of carbonyl (C=O) groups excluding carboxylic acids is 1. The second-order valence-electron chi connectivity index (χ2n) is 10.1. The van der Waals surface area contributed by atoms with Gasteiger partial charge >= 0.3 is 0 Å². The number of ether oxygens (including phenoxy) is 1. The molecule has 210 valence electrons. The first-order chi connectivity index (χ1) is 18.7. The number of aryl methyl sites for hydroxylation is 1. The van der Waals surface area contributed by atoms with Crippen LogP contribution < -0.4 is 0 Å². The molecular weight excluding hydrogens is 518 g/mol. The molecule has 0 bridgehead atoms. The van der Waals surface area contributed by atoms with E-state index in [-0.39, 0.29) is 42.5 Å². The highest BCUT2D eigenvalue weighted by Crippen LogP contribution is 2.24. The lowest BCUT2D eigenvalue weighted by molar-refractivity contribution is -0.136. The Kier molecular flexibility index (Phi) is 9.49. The number of aromatic nitrogens is 3. The standard InChI is InChI=1S/C28H37N5O5S/c1-21-17-32(22(2)19-34)28(35)10-7-15-33-25(16-29-30-33)20-38-27(21)18-31(3)39(36,37)26-13-11-24(12-14-26)23-8-5-4-6-9-23/h4-6,8-9,11-14,16,21-22,27,34H,7,10,15,17-20H2,1-3H3/t21-,22-,27+/m1/s1. The van der Waals surface area contributed by atoms with E-state index in [4.69, 9.17) is 4.74 Å². The van der Waals surface area contributed by atoms with E-state index in [1.807, 2.05) is 37.3 Å². The van der Waals surface area contributed by atoms with Crippen molar-refractivity contribution in [3.63, 3.8) is 0 Å². The van der Waals surface area contributed by atoms with E-state index < -0.39 is 16.1 Å². The highest BCUT2D eigenvalue weighted by atomic mass is 32.2. The summed E-state index contributed by atoms with van der Waals surface area (Å²) in [7, 11) is -2.26. The van der Waals surface area contributed by atoms with Gasteiger partial charge in [0.1, 0.15) is 0 Å². The van der Waals surface area contributed by atoms with Crippen molar-refractivity contribution >= 4 is 15.9 Å². The summed E-state index contributed by atoms with van der Waals surface area (Å²) in [4.78, 5) is 14.9. The second-order valence-corrected chi connectivity index (χ2v) is 12.2. The van der Waals surface area contributed by atoms with Crippen LogP contribution in [0.4, 0.5) is 0 Å². The van der Waals surface area contributed by atoms with E-state index in [0.717, 1.165) is 16.8 Å². The zero-order valence-corrected chi connectivity index (χ0v) is 23.5. The summed E-state index contributed by atoms with van der Waals surface area (Å²) < 4.78 is 36.3. The molecule has 1 aromatic heterocycles. The Morgan fingerprint density at radius 2 is 1.82 bits per heavy atom. The number of rotatable bonds is 7. The van der Waals surface area contributed by atoms with Gasteiger partial charge in [0.15, 0.2) is 0 Å². The van der Waals surface area contributed by atoms with E-state index in [1.54, 1.807) is 47.0 Å². The van der Waals surface area contributed by atoms with Crippen molar-refractivity contribution < 1.29 is 23.1 Å². The van der Waals surface area contributed by atoms with Gasteiger partial charge < -0.3 is 14.7 Å². The van der Waals surface area contributed by atoms with Crippen molar-refractivity contribution in [3.8, 4) is 11.1 Å². The van der Waals surface area contributed by atoms with Gasteiger partial charge in [-0.1, -0.05) is 54.6 Å². The fraction of sp³-hybridized carbons (Fsp3) is 0.464. The summed E-state index contributed by atoms with van der Waals surface area (Å²) in [5.74, 6) is -0.284. The zero-order chi connectivity index (χ0) is 28.0. The number of amides is 1. The van der Waals surface area contributed by atoms with E-state index in [2.05, 4.69) is 10.3 Å². The number of sulfonamides is 1. The molecule has 3 aromatic rings. The average molecular weight is 556 g/mol. The molecule has 0 spiro atoms. The summed E-state index contributed by atoms with van der Waals surface area (Å²) >= 11 is 0. The number of carbonyl (C=O) groups is 1. The van der Waals surface area contributed by atoms with Gasteiger partial charge in [0, 0.05) is 39.0 Å². The molecule has 0 fully saturated rings. The monoisotopic (exact) mass is 555 g/mol. The number of likely N-dealkylation sites (N-methyl/N-ethyl adjacent to an activating group) is 1. The van der Waals surface area contributed by atoms with Crippen molar-refractivity contribution in [1.29, 1.82) is 0 Å². The van der Waals surface area contributed by atoms with E-state index in [1.165, 1.54) is 11.4 Å². The number of fused-ring (bicyclic) bond motifs is 1. The van der Waals surface area contributed by atoms with Gasteiger partial charge in [-0.2, -0.15) is 4.31 Å². The summed E-state index contributed by atoms with van der Waals surface area (Å²) in [6.45, 7) is 4.72. The van der Waals surface area contributed by atoms with Gasteiger partial charge in [0.05, 0.1) is 42.1 Å². The number of hydrogen-bond acceptors (Lipinski definition) is 7. The summed E-state index contributed by atoms with van der Waals surface area (Å²) in [5, 5.41) is 17.9. The van der Waals surface area contributed by atoms with Gasteiger partial charge in [-0.05, 0) is 36.6 Å². The molecule has 39 heavy (non-hydrogen) atoms. The average Bonchev–Trinajstić information content (AvgIpc) is 3.40. The van der Waals surface area contributed by atoms with Crippen LogP contribution >= 0.6 is 0 Å². The van der Waals surface area contributed by atoms with Gasteiger partial charge in [0.25, 0.3) is 0 Å². The molecule has 1 amide bonds. The smallest absolute Gasteiger partial charge is 0.242 e. The third-order valence-electron chi connectivity index (χ3n) is 7.25. The molecule has 1 N–H and O–H groups in total. The van der Waals surface area contributed by atoms with E-state index in [0.29, 0.717) is 25.9 Å². The van der Waals surface area contributed by atoms with Gasteiger partial charge in [-0.15, -0.1) is 5.10 Å². The number of nitrogens with zero attached hydrogens (tertiary/aromatic N) is 5. The highest BCUT2D eigenvalue weighted by molar-refractivity contribution is 7.89. The predicted molar refractivity (Wildman–Crippen MR) is 147 cm³/mol. The number of benzene rings is 2. The maximum absolute atomic E-state index is 13.5. The highest BCUT2D eigenvalue weighted by Gasteiger charge is 2.31. The van der Waals surface area contributed by atoms with E-state index in [9.17, 15) is 18.3 Å². The SMILES string of the molecule is C[C@@H]1CN([C@H](C)CO)C(=O)CCCn2nncc2CO[C@H]1CN(C)S(=O)(=O)c1ccc(-c2ccccc2)cc1. The lowest BCUT2D eigenvalue weighted by Crippen LogP contribution is -2.47. The lowest BCUT2D eigenvalue weighted by atomic mass is 10.0. The Morgan fingerprint density at radius 3 is 2.51 bits per heavy atom. The Balaban J connectivity index is 1.56. The van der Waals surface area contributed by atoms with Crippen LogP contribution in [0, 0.1) is 5.92 Å². The Morgan fingerprint density at radius 1 is 1.13 bits per heavy atom. The summed E-state index contributed by atoms with van der Waals surface area (Å²) in [6.07, 6.45) is 2.00. The maximum atomic E-state index is 13.5. The van der Waals surface area contributed by atoms with Crippen LogP contribution in [0.15, 0.2) is 65.7 Å². The van der Waals surface area contributed by atoms with Gasteiger partial charge in [-0.25, -0.2) is 13.1 Å². The van der Waals surface area contributed by atoms with Crippen LogP contribution in [0.1, 0.15) is 32.4 Å². The van der Waals surface area contributed by atoms with Crippen LogP contribution in [0.5, 0.6) is 0 Å². The quantitative estimate of drug-likeness (QED) is 0.476. The third-order valence-corrected chi connectivity index (χ3v) is 9.08. The molecule has 1 aliphatic rings. The predicted octanol–water partition coefficient (Wildman–Crippen LogP) is 2.79. The van der Waals surface area contributed by atoms with E-state index >= 15 is 0 Å². The van der Waals surface area contributed by atoms with Gasteiger partial charge in [0.2, 0.25) is 15.9 Å². The van der Waals surface area contributed by atoms with Crippen LogP contribution in [0.25, 0.3) is 11.1 Å². The Labute approximate surface area is 230 Å². The molecule has 2 aromatic carbocycles. The lowest BCUT2D eigenvalue weighted by Gasteiger charge is -2.35. The minimum absolute atomic E-state index is 0.0659. The van der Waals surface area contributed by atoms with Crippen molar-refractivity contribution in [2.24, 2.45) is 5.92 Å². The fourth-order valence-electron chi connectivity index (χ4n) is 4.73. The van der Waals surface area contributed by atoms with Crippen molar-refractivity contribution in [1.82, 2.24) is 24.2 Å². The topological polar surface area (TPSA) is 118 Å². The summed E-state index contributed by atoms with van der Waals surface area (Å²) in [6, 6.07) is 16.3. The van der Waals surface area contributed by atoms with Crippen LogP contribution in [0.2, 0.25) is 0 Å². The minimum Gasteiger partial charge on any atom is -0.394 e. The zero-order valence-electron chi connectivity index (χ0n) is 22.7. The largest absolute Gasteiger partial charge is 0.394 e. The molecule has 2 heterocycles. The summed E-state index contributed by atoms with van der Waals surface area (Å²) in [5.41, 5.74) is 2.71. The van der Waals surface area contributed by atoms with Crippen LogP contribution in [-0.2, 0) is 32.7 Å². The number of aliphatic hydroxyl groups excluding tert-OH is 1. The molecular formula is C28H37N5O5S. The molecule has 11 heteroatoms. The Bertz CT molecular complexity index is 1330. The molecule has 10 nitrogen and oxygen atoms in total. The normalized spacial score (nSPS) is 20.2. The molecule has 3 atom stereocenters. The van der Waals surface area contributed by atoms with Gasteiger partial charge in [-0.3, -0.25) is 4.79 Å². The number of hydrogen-bond donors (Lipinski definition) is 1. The maximum Gasteiger partial charge on any atom is 0.242 e. The van der Waals surface area contributed by atoms with Crippen LogP contribution in [0.3, 0.4) is 0 Å². The molecule has 0 saturated carbocycles. The minimum atomic E-state index is -3.80. The van der Waals surface area contributed by atoms with Crippen LogP contribution in [-0.4, -0.2) is 82.5 Å². The molecule has 0 unspecified atom stereocenters. The van der Waals surface area contributed by atoms with Crippen molar-refractivity contribution in [3.05, 3.63) is 66.5 Å². The second kappa shape index (κ2) is 12.8. The van der Waals surface area contributed by atoms with Crippen molar-refractivity contribution in [2.45, 2.75) is 56.9 Å². The molecule has 0 aliphatic carbocycles. The van der Waals surface area contributed by atoms with Crippen molar-refractivity contribution in [2.75, 3.05) is 26.7 Å².